The van der Waals surface area contributed by atoms with Crippen molar-refractivity contribution in [1.29, 1.82) is 0 Å². The summed E-state index contributed by atoms with van der Waals surface area (Å²) in [7, 11) is 1.47. The Kier molecular flexibility index (Phi) is 6.49. The van der Waals surface area contributed by atoms with Gasteiger partial charge in [-0.1, -0.05) is 0 Å². The van der Waals surface area contributed by atoms with E-state index >= 15 is 0 Å². The third kappa shape index (κ3) is 5.14. The molecule has 5 heterocycles. The zero-order valence-electron chi connectivity index (χ0n) is 23.6. The number of amides is 4. The predicted molar refractivity (Wildman–Crippen MR) is 151 cm³/mol. The monoisotopic (exact) mass is 583 g/mol. The van der Waals surface area contributed by atoms with Crippen molar-refractivity contribution in [3.63, 3.8) is 0 Å². The molecule has 2 aliphatic carbocycles. The molecule has 14 heteroatoms. The minimum atomic E-state index is -0.396. The molecule has 0 radical (unpaired) electrons. The first-order valence-electron chi connectivity index (χ1n) is 14.1. The number of aryl methyl sites for hydroxylation is 1. The number of aromatic nitrogens is 6. The first-order chi connectivity index (χ1) is 20.8. The number of carbonyl (C=O) groups excluding carboxylic acids is 3. The largest absolute Gasteiger partial charge is 0.471 e. The number of anilines is 2. The van der Waals surface area contributed by atoms with Crippen LogP contribution in [0.1, 0.15) is 59.4 Å². The maximum atomic E-state index is 12.9. The van der Waals surface area contributed by atoms with Crippen LogP contribution in [0.4, 0.5) is 16.4 Å². The number of aliphatic hydroxyl groups excluding tert-OH is 1. The molecule has 1 saturated heterocycles. The molecule has 3 fully saturated rings. The summed E-state index contributed by atoms with van der Waals surface area (Å²) in [6.45, 7) is 1.47. The van der Waals surface area contributed by atoms with Gasteiger partial charge in [0, 0.05) is 49.4 Å². The van der Waals surface area contributed by atoms with Crippen LogP contribution < -0.4 is 15.0 Å². The highest BCUT2D eigenvalue weighted by atomic mass is 16.5. The zero-order valence-corrected chi connectivity index (χ0v) is 23.6. The number of hydrogen-bond acceptors (Lipinski definition) is 10. The highest BCUT2D eigenvalue weighted by Crippen LogP contribution is 2.46. The number of urea groups is 1. The highest BCUT2D eigenvalue weighted by Gasteiger charge is 2.46. The van der Waals surface area contributed by atoms with Crippen LogP contribution in [-0.2, 0) is 22.8 Å². The quantitative estimate of drug-likeness (QED) is 0.279. The van der Waals surface area contributed by atoms with E-state index in [0.717, 1.165) is 29.0 Å². The van der Waals surface area contributed by atoms with E-state index in [2.05, 4.69) is 25.3 Å². The molecule has 4 aromatic heterocycles. The molecule has 43 heavy (non-hydrogen) atoms. The summed E-state index contributed by atoms with van der Waals surface area (Å²) in [6.07, 6.45) is 9.66. The van der Waals surface area contributed by atoms with E-state index < -0.39 is 6.03 Å². The van der Waals surface area contributed by atoms with Gasteiger partial charge in [0.2, 0.25) is 23.6 Å². The number of hydrogen-bond donors (Lipinski definition) is 2. The van der Waals surface area contributed by atoms with Crippen molar-refractivity contribution in [2.24, 2.45) is 5.92 Å². The molecule has 0 bridgehead atoms. The summed E-state index contributed by atoms with van der Waals surface area (Å²) in [5, 5.41) is 12.6. The molecule has 2 atom stereocenters. The van der Waals surface area contributed by atoms with E-state index in [1.54, 1.807) is 12.4 Å². The van der Waals surface area contributed by atoms with Crippen molar-refractivity contribution >= 4 is 35.1 Å². The van der Waals surface area contributed by atoms with Gasteiger partial charge in [-0.05, 0) is 49.8 Å². The molecule has 4 amide bonds. The number of imidazole rings is 1. The van der Waals surface area contributed by atoms with Crippen molar-refractivity contribution in [1.82, 2.24) is 34.2 Å². The Morgan fingerprint density at radius 1 is 1.16 bits per heavy atom. The van der Waals surface area contributed by atoms with Crippen molar-refractivity contribution in [3.8, 4) is 5.88 Å². The van der Waals surface area contributed by atoms with Crippen LogP contribution >= 0.6 is 0 Å². The lowest BCUT2D eigenvalue weighted by Crippen LogP contribution is -2.30. The van der Waals surface area contributed by atoms with Gasteiger partial charge in [-0.25, -0.2) is 24.7 Å². The zero-order chi connectivity index (χ0) is 29.8. The molecule has 4 aromatic rings. The van der Waals surface area contributed by atoms with Crippen molar-refractivity contribution in [3.05, 3.63) is 65.3 Å². The Morgan fingerprint density at radius 3 is 2.72 bits per heavy atom. The number of nitrogens with one attached hydrogen (secondary N) is 1. The lowest BCUT2D eigenvalue weighted by molar-refractivity contribution is -0.124. The lowest BCUT2D eigenvalue weighted by Gasteiger charge is -2.17. The normalized spacial score (nSPS) is 19.8. The number of carbonyl (C=O) groups is 3. The van der Waals surface area contributed by atoms with E-state index in [9.17, 15) is 19.5 Å². The van der Waals surface area contributed by atoms with Crippen LogP contribution in [0.15, 0.2) is 36.9 Å². The fraction of sp³-hybridized carbons (Fsp3) is 0.379. The second kappa shape index (κ2) is 10.4. The number of fused-ring (bicyclic) bond motifs is 1. The van der Waals surface area contributed by atoms with Gasteiger partial charge in [0.25, 0.3) is 0 Å². The Hall–Kier alpha value is -4.98. The Balaban J connectivity index is 1.09. The lowest BCUT2D eigenvalue weighted by atomic mass is 10.1. The second-order valence-corrected chi connectivity index (χ2v) is 11.2. The molecule has 2 N–H and O–H groups in total. The SMILES string of the molecule is Cc1ccnc(C2CC2C(=O)Nc2ncc(CO)c(OCc3cn4cc(C5CC5)cc(N5CC(=O)N(C)C5=O)c4n3)n2)n1. The summed E-state index contributed by atoms with van der Waals surface area (Å²) in [5.74, 6) is 0.374. The third-order valence-electron chi connectivity index (χ3n) is 7.99. The number of ether oxygens (including phenoxy) is 1. The van der Waals surface area contributed by atoms with E-state index in [-0.39, 0.29) is 55.2 Å². The summed E-state index contributed by atoms with van der Waals surface area (Å²) in [4.78, 5) is 62.4. The molecule has 1 aliphatic heterocycles. The number of rotatable bonds is 9. The fourth-order valence-corrected chi connectivity index (χ4v) is 5.29. The first kappa shape index (κ1) is 26.9. The number of pyridine rings is 1. The number of imide groups is 1. The summed E-state index contributed by atoms with van der Waals surface area (Å²) < 4.78 is 7.80. The summed E-state index contributed by atoms with van der Waals surface area (Å²) in [5.41, 5.74) is 3.91. The number of aliphatic hydroxyl groups is 1. The smallest absolute Gasteiger partial charge is 0.331 e. The molecule has 2 unspecified atom stereocenters. The van der Waals surface area contributed by atoms with E-state index in [1.807, 2.05) is 29.7 Å². The molecule has 2 saturated carbocycles. The topological polar surface area (TPSA) is 168 Å². The summed E-state index contributed by atoms with van der Waals surface area (Å²) >= 11 is 0. The Labute approximate surface area is 245 Å². The molecule has 7 rings (SSSR count). The maximum Gasteiger partial charge on any atom is 0.331 e. The number of likely N-dealkylation sites (N-methyl/N-ethyl adjacent to an activating group) is 1. The minimum absolute atomic E-state index is 0.000538. The van der Waals surface area contributed by atoms with Gasteiger partial charge in [-0.3, -0.25) is 24.7 Å². The van der Waals surface area contributed by atoms with E-state index in [0.29, 0.717) is 40.8 Å². The molecule has 0 spiro atoms. The predicted octanol–water partition coefficient (Wildman–Crippen LogP) is 2.31. The summed E-state index contributed by atoms with van der Waals surface area (Å²) in [6, 6.07) is 3.35. The van der Waals surface area contributed by atoms with Crippen LogP contribution in [0.5, 0.6) is 5.88 Å². The van der Waals surface area contributed by atoms with Gasteiger partial charge >= 0.3 is 6.03 Å². The van der Waals surface area contributed by atoms with Gasteiger partial charge in [-0.15, -0.1) is 0 Å². The standard InChI is InChI=1S/C29H29N9O5/c1-15-5-6-30-24(32-15)20-8-21(20)26(41)34-28-31-9-18(13-39)27(35-28)43-14-19-11-37-10-17(16-3-4-16)7-22(25(37)33-19)38-12-23(40)36(2)29(38)42/h5-7,9-11,16,20-21,39H,3-4,8,12-14H2,1-2H3,(H,31,34,35,41). The average Bonchev–Trinajstić information content (AvgIpc) is 3.93. The van der Waals surface area contributed by atoms with Gasteiger partial charge in [0.05, 0.1) is 23.6 Å². The second-order valence-electron chi connectivity index (χ2n) is 11.2. The highest BCUT2D eigenvalue weighted by molar-refractivity contribution is 6.13. The Bertz CT molecular complexity index is 1790. The first-order valence-corrected chi connectivity index (χ1v) is 14.1. The van der Waals surface area contributed by atoms with Crippen LogP contribution in [0.25, 0.3) is 5.65 Å². The number of nitrogens with zero attached hydrogens (tertiary/aromatic N) is 8. The van der Waals surface area contributed by atoms with E-state index in [1.165, 1.54) is 18.1 Å². The molecular formula is C29H29N9O5. The molecule has 0 aromatic carbocycles. The van der Waals surface area contributed by atoms with Crippen LogP contribution in [0.2, 0.25) is 0 Å². The molecule has 14 nitrogen and oxygen atoms in total. The van der Waals surface area contributed by atoms with Crippen LogP contribution in [-0.4, -0.2) is 70.8 Å². The van der Waals surface area contributed by atoms with Crippen LogP contribution in [0.3, 0.4) is 0 Å². The van der Waals surface area contributed by atoms with Gasteiger partial charge in [-0.2, -0.15) is 4.98 Å². The Morgan fingerprint density at radius 2 is 2.00 bits per heavy atom. The van der Waals surface area contributed by atoms with Crippen LogP contribution in [0, 0.1) is 12.8 Å². The maximum absolute atomic E-state index is 12.9. The van der Waals surface area contributed by atoms with Gasteiger partial charge < -0.3 is 14.2 Å². The fourth-order valence-electron chi connectivity index (χ4n) is 5.29. The van der Waals surface area contributed by atoms with Gasteiger partial charge in [0.1, 0.15) is 19.0 Å². The molecule has 220 valence electrons. The minimum Gasteiger partial charge on any atom is -0.471 e. The van der Waals surface area contributed by atoms with E-state index in [4.69, 9.17) is 9.72 Å². The third-order valence-corrected chi connectivity index (χ3v) is 7.99. The molecular weight excluding hydrogens is 554 g/mol. The molecule has 3 aliphatic rings. The van der Waals surface area contributed by atoms with Gasteiger partial charge in [0.15, 0.2) is 5.65 Å². The van der Waals surface area contributed by atoms with Crippen molar-refractivity contribution in [2.45, 2.75) is 51.2 Å². The average molecular weight is 584 g/mol. The van der Waals surface area contributed by atoms with Crippen molar-refractivity contribution < 1.29 is 24.2 Å². The van der Waals surface area contributed by atoms with Crippen molar-refractivity contribution in [2.75, 3.05) is 23.8 Å².